The number of para-hydroxylation sites is 1. The second-order valence-electron chi connectivity index (χ2n) is 6.66. The summed E-state index contributed by atoms with van der Waals surface area (Å²) < 4.78 is 0. The Morgan fingerprint density at radius 3 is 2.17 bits per heavy atom. The summed E-state index contributed by atoms with van der Waals surface area (Å²) in [4.78, 5) is 0. The molecule has 0 aromatic heterocycles. The normalized spacial score (nSPS) is 16.5. The summed E-state index contributed by atoms with van der Waals surface area (Å²) in [5.41, 5.74) is 3.79. The van der Waals surface area contributed by atoms with Crippen molar-refractivity contribution in [3.63, 3.8) is 0 Å². The van der Waals surface area contributed by atoms with Crippen molar-refractivity contribution >= 4 is 63.9 Å². The Balaban J connectivity index is 1.68. The van der Waals surface area contributed by atoms with Crippen LogP contribution in [0, 0.1) is 0 Å². The van der Waals surface area contributed by atoms with Crippen LogP contribution in [-0.2, 0) is 0 Å². The molecule has 0 radical (unpaired) electrons. The van der Waals surface area contributed by atoms with Gasteiger partial charge in [-0.15, -0.1) is 0 Å². The number of rotatable bonds is 4. The van der Waals surface area contributed by atoms with E-state index in [-0.39, 0.29) is 6.04 Å². The van der Waals surface area contributed by atoms with E-state index in [1.165, 1.54) is 0 Å². The maximum absolute atomic E-state index is 6.51. The summed E-state index contributed by atoms with van der Waals surface area (Å²) in [5.74, 6) is 0. The molecule has 1 aliphatic heterocycles. The van der Waals surface area contributed by atoms with Crippen molar-refractivity contribution in [3.05, 3.63) is 104 Å². The van der Waals surface area contributed by atoms with Crippen molar-refractivity contribution in [2.24, 2.45) is 5.10 Å². The molecule has 0 fully saturated rings. The predicted octanol–water partition coefficient (Wildman–Crippen LogP) is 8.32. The Morgan fingerprint density at radius 1 is 0.793 bits per heavy atom. The third-order valence-electron chi connectivity index (χ3n) is 4.69. The number of hydrogen-bond donors (Lipinski definition) is 0. The highest BCUT2D eigenvalue weighted by Gasteiger charge is 2.29. The number of nitrogens with zero attached hydrogens (tertiary/aromatic N) is 2. The molecule has 2 nitrogen and oxygen atoms in total. The van der Waals surface area contributed by atoms with E-state index in [0.717, 1.165) is 22.5 Å². The number of hydrazone groups is 1. The lowest BCUT2D eigenvalue weighted by Crippen LogP contribution is -2.18. The van der Waals surface area contributed by atoms with Crippen molar-refractivity contribution in [1.29, 1.82) is 0 Å². The van der Waals surface area contributed by atoms with Crippen molar-refractivity contribution < 1.29 is 0 Å². The molecule has 0 N–H and O–H groups in total. The van der Waals surface area contributed by atoms with Crippen molar-refractivity contribution in [2.45, 2.75) is 12.5 Å². The second-order valence-corrected chi connectivity index (χ2v) is 8.34. The van der Waals surface area contributed by atoms with E-state index in [1.54, 1.807) is 12.1 Å². The number of anilines is 1. The van der Waals surface area contributed by atoms with E-state index in [9.17, 15) is 0 Å². The molecular weight excluding hydrogens is 446 g/mol. The highest BCUT2D eigenvalue weighted by molar-refractivity contribution is 6.36. The zero-order valence-electron chi connectivity index (χ0n) is 15.2. The summed E-state index contributed by atoms with van der Waals surface area (Å²) >= 11 is 24.9. The molecule has 0 saturated carbocycles. The summed E-state index contributed by atoms with van der Waals surface area (Å²) in [6, 6.07) is 21.0. The standard InChI is InChI=1S/C23H16Cl4N2/c24-16-8-6-15(21(26)12-16)7-10-18-14-23(20-11-9-17(25)13-22(20)27)29(28-18)19-4-2-1-3-5-19/h1-13,23H,14H2/b10-7+. The van der Waals surface area contributed by atoms with Gasteiger partial charge in [0.2, 0.25) is 0 Å². The first-order valence-corrected chi connectivity index (χ1v) is 10.5. The Morgan fingerprint density at radius 2 is 1.48 bits per heavy atom. The van der Waals surface area contributed by atoms with Crippen molar-refractivity contribution in [3.8, 4) is 0 Å². The van der Waals surface area contributed by atoms with Gasteiger partial charge in [-0.2, -0.15) is 5.10 Å². The molecule has 29 heavy (non-hydrogen) atoms. The van der Waals surface area contributed by atoms with Gasteiger partial charge >= 0.3 is 0 Å². The first-order valence-electron chi connectivity index (χ1n) is 9.01. The van der Waals surface area contributed by atoms with E-state index in [0.29, 0.717) is 26.5 Å². The van der Waals surface area contributed by atoms with Crippen molar-refractivity contribution in [1.82, 2.24) is 0 Å². The summed E-state index contributed by atoms with van der Waals surface area (Å²) in [6.07, 6.45) is 4.64. The van der Waals surface area contributed by atoms with Crippen LogP contribution in [0.1, 0.15) is 23.6 Å². The molecule has 1 heterocycles. The Hall–Kier alpha value is -1.97. The predicted molar refractivity (Wildman–Crippen MR) is 126 cm³/mol. The van der Waals surface area contributed by atoms with Gasteiger partial charge in [0.15, 0.2) is 0 Å². The van der Waals surface area contributed by atoms with Crippen LogP contribution in [0.4, 0.5) is 5.69 Å². The SMILES string of the molecule is Clc1ccc(/C=C/C2=NN(c3ccccc3)C(c3ccc(Cl)cc3Cl)C2)c(Cl)c1. The lowest BCUT2D eigenvalue weighted by molar-refractivity contribution is 0.709. The van der Waals surface area contributed by atoms with Crippen LogP contribution < -0.4 is 5.01 Å². The molecule has 4 rings (SSSR count). The number of benzene rings is 3. The summed E-state index contributed by atoms with van der Waals surface area (Å²) in [7, 11) is 0. The van der Waals surface area contributed by atoms with Gasteiger partial charge < -0.3 is 0 Å². The van der Waals surface area contributed by atoms with Gasteiger partial charge in [-0.25, -0.2) is 0 Å². The van der Waals surface area contributed by atoms with Crippen LogP contribution in [0.5, 0.6) is 0 Å². The minimum absolute atomic E-state index is 0.0255. The number of halogens is 4. The Kier molecular flexibility index (Phi) is 6.17. The van der Waals surface area contributed by atoms with Crippen LogP contribution >= 0.6 is 46.4 Å². The van der Waals surface area contributed by atoms with Crippen LogP contribution in [-0.4, -0.2) is 5.71 Å². The van der Waals surface area contributed by atoms with Gasteiger partial charge in [0, 0.05) is 26.5 Å². The fraction of sp³-hybridized carbons (Fsp3) is 0.0870. The largest absolute Gasteiger partial charge is 0.257 e. The molecule has 1 aliphatic rings. The van der Waals surface area contributed by atoms with Crippen LogP contribution in [0.2, 0.25) is 20.1 Å². The third kappa shape index (κ3) is 4.62. The van der Waals surface area contributed by atoms with Gasteiger partial charge in [-0.05, 0) is 53.6 Å². The zero-order valence-corrected chi connectivity index (χ0v) is 18.2. The molecule has 146 valence electrons. The first kappa shape index (κ1) is 20.3. The third-order valence-corrected chi connectivity index (χ3v) is 5.82. The van der Waals surface area contributed by atoms with Crippen molar-refractivity contribution in [2.75, 3.05) is 5.01 Å². The smallest absolute Gasteiger partial charge is 0.0845 e. The first-order chi connectivity index (χ1) is 14.0. The van der Waals surface area contributed by atoms with Gasteiger partial charge in [0.25, 0.3) is 0 Å². The molecular formula is C23H16Cl4N2. The fourth-order valence-electron chi connectivity index (χ4n) is 3.29. The maximum Gasteiger partial charge on any atom is 0.0845 e. The topological polar surface area (TPSA) is 15.6 Å². The monoisotopic (exact) mass is 460 g/mol. The lowest BCUT2D eigenvalue weighted by Gasteiger charge is -2.24. The van der Waals surface area contributed by atoms with E-state index in [2.05, 4.69) is 0 Å². The average Bonchev–Trinajstić information content (AvgIpc) is 3.12. The fourth-order valence-corrected chi connectivity index (χ4v) is 4.30. The Bertz CT molecular complexity index is 1090. The molecule has 3 aromatic carbocycles. The van der Waals surface area contributed by atoms with E-state index in [4.69, 9.17) is 51.5 Å². The highest BCUT2D eigenvalue weighted by atomic mass is 35.5. The molecule has 1 unspecified atom stereocenters. The molecule has 0 saturated heterocycles. The highest BCUT2D eigenvalue weighted by Crippen LogP contribution is 2.39. The minimum atomic E-state index is -0.0255. The lowest BCUT2D eigenvalue weighted by atomic mass is 10.0. The van der Waals surface area contributed by atoms with Crippen LogP contribution in [0.25, 0.3) is 6.08 Å². The van der Waals surface area contributed by atoms with Crippen LogP contribution in [0.15, 0.2) is 77.9 Å². The van der Waals surface area contributed by atoms with Gasteiger partial charge in [-0.1, -0.05) is 82.8 Å². The van der Waals surface area contributed by atoms with Gasteiger partial charge in [0.05, 0.1) is 17.4 Å². The van der Waals surface area contributed by atoms with E-state index in [1.807, 2.05) is 71.8 Å². The summed E-state index contributed by atoms with van der Waals surface area (Å²) in [5, 5.41) is 9.30. The molecule has 0 amide bonds. The molecule has 1 atom stereocenters. The second kappa shape index (κ2) is 8.81. The van der Waals surface area contributed by atoms with Gasteiger partial charge in [-0.3, -0.25) is 5.01 Å². The molecule has 0 bridgehead atoms. The van der Waals surface area contributed by atoms with Gasteiger partial charge in [0.1, 0.15) is 0 Å². The average molecular weight is 462 g/mol. The minimum Gasteiger partial charge on any atom is -0.257 e. The summed E-state index contributed by atoms with van der Waals surface area (Å²) in [6.45, 7) is 0. The van der Waals surface area contributed by atoms with E-state index < -0.39 is 0 Å². The maximum atomic E-state index is 6.51. The molecule has 3 aromatic rings. The quantitative estimate of drug-likeness (QED) is 0.381. The number of hydrogen-bond acceptors (Lipinski definition) is 2. The zero-order chi connectivity index (χ0) is 20.4. The number of allylic oxidation sites excluding steroid dienone is 1. The molecule has 0 aliphatic carbocycles. The van der Waals surface area contributed by atoms with Crippen LogP contribution in [0.3, 0.4) is 0 Å². The molecule has 6 heteroatoms. The Labute approximate surface area is 190 Å². The van der Waals surface area contributed by atoms with E-state index >= 15 is 0 Å². The molecule has 0 spiro atoms.